The van der Waals surface area contributed by atoms with E-state index in [4.69, 9.17) is 0 Å². The molecule has 2 nitrogen and oxygen atoms in total. The zero-order chi connectivity index (χ0) is 12.9. The molecule has 17 heavy (non-hydrogen) atoms. The molecule has 1 unspecified atom stereocenters. The fourth-order valence-corrected chi connectivity index (χ4v) is 2.41. The molecule has 0 aromatic carbocycles. The molecule has 0 saturated heterocycles. The molecule has 0 saturated carbocycles. The van der Waals surface area contributed by atoms with E-state index in [0.29, 0.717) is 13.0 Å². The second-order valence-corrected chi connectivity index (χ2v) is 5.00. The Morgan fingerprint density at radius 2 is 2.18 bits per heavy atom. The molecule has 1 aromatic heterocycles. The monoisotopic (exact) mass is 266 g/mol. The number of aryl methyl sites for hydroxylation is 1. The predicted molar refractivity (Wildman–Crippen MR) is 63.3 cm³/mol. The summed E-state index contributed by atoms with van der Waals surface area (Å²) >= 11 is 1.42. The lowest BCUT2D eigenvalue weighted by Gasteiger charge is -2.18. The van der Waals surface area contributed by atoms with Crippen molar-refractivity contribution in [2.75, 3.05) is 6.54 Å². The molecule has 0 fully saturated rings. The van der Waals surface area contributed by atoms with Crippen molar-refractivity contribution in [1.29, 1.82) is 0 Å². The molecule has 0 aliphatic carbocycles. The van der Waals surface area contributed by atoms with Gasteiger partial charge in [-0.15, -0.1) is 11.3 Å². The molecule has 0 aliphatic heterocycles. The smallest absolute Gasteiger partial charge is 0.313 e. The third-order valence-electron chi connectivity index (χ3n) is 2.25. The molecule has 1 N–H and O–H groups in total. The van der Waals surface area contributed by atoms with E-state index in [-0.39, 0.29) is 0 Å². The van der Waals surface area contributed by atoms with Crippen molar-refractivity contribution < 1.29 is 13.2 Å². The molecule has 1 atom stereocenters. The minimum atomic E-state index is -4.13. The van der Waals surface area contributed by atoms with Gasteiger partial charge >= 0.3 is 6.18 Å². The number of rotatable bonds is 6. The first-order chi connectivity index (χ1) is 7.90. The maximum atomic E-state index is 12.4. The summed E-state index contributed by atoms with van der Waals surface area (Å²) in [5.74, 6) is 0. The number of thiazole rings is 1. The average molecular weight is 266 g/mol. The molecule has 1 rings (SSSR count). The van der Waals surface area contributed by atoms with Crippen LogP contribution in [0.1, 0.15) is 30.5 Å². The van der Waals surface area contributed by atoms with Crippen LogP contribution in [0, 0.1) is 6.92 Å². The van der Waals surface area contributed by atoms with Gasteiger partial charge in [0.25, 0.3) is 0 Å². The summed E-state index contributed by atoms with van der Waals surface area (Å²) in [6.07, 6.45) is -3.76. The van der Waals surface area contributed by atoms with E-state index in [9.17, 15) is 13.2 Å². The van der Waals surface area contributed by atoms with Crippen LogP contribution in [0.15, 0.2) is 5.38 Å². The van der Waals surface area contributed by atoms with Crippen LogP contribution in [0.25, 0.3) is 0 Å². The summed E-state index contributed by atoms with van der Waals surface area (Å²) in [7, 11) is 0. The molecule has 0 radical (unpaired) electrons. The van der Waals surface area contributed by atoms with Crippen LogP contribution in [0.3, 0.4) is 0 Å². The van der Waals surface area contributed by atoms with Crippen molar-refractivity contribution in [1.82, 2.24) is 10.3 Å². The van der Waals surface area contributed by atoms with Gasteiger partial charge < -0.3 is 5.32 Å². The van der Waals surface area contributed by atoms with Crippen molar-refractivity contribution in [3.8, 4) is 0 Å². The minimum Gasteiger partial charge on any atom is -0.313 e. The third kappa shape index (κ3) is 6.02. The second-order valence-electron chi connectivity index (χ2n) is 4.06. The van der Waals surface area contributed by atoms with Gasteiger partial charge in [0, 0.05) is 23.5 Å². The number of alkyl halides is 3. The fourth-order valence-electron chi connectivity index (χ4n) is 1.55. The molecule has 98 valence electrons. The highest BCUT2D eigenvalue weighted by Gasteiger charge is 2.31. The SMILES string of the molecule is CCCNC(Cc1nc(C)cs1)CC(F)(F)F. The normalized spacial score (nSPS) is 13.9. The number of nitrogens with one attached hydrogen (secondary N) is 1. The van der Waals surface area contributed by atoms with Gasteiger partial charge in [0.2, 0.25) is 0 Å². The highest BCUT2D eigenvalue weighted by Crippen LogP contribution is 2.24. The quantitative estimate of drug-likeness (QED) is 0.854. The maximum Gasteiger partial charge on any atom is 0.390 e. The Morgan fingerprint density at radius 1 is 1.47 bits per heavy atom. The van der Waals surface area contributed by atoms with E-state index in [0.717, 1.165) is 17.1 Å². The Labute approximate surface area is 103 Å². The zero-order valence-electron chi connectivity index (χ0n) is 9.97. The highest BCUT2D eigenvalue weighted by atomic mass is 32.1. The molecule has 6 heteroatoms. The van der Waals surface area contributed by atoms with Crippen molar-refractivity contribution in [3.63, 3.8) is 0 Å². The summed E-state index contributed by atoms with van der Waals surface area (Å²) in [6.45, 7) is 4.38. The Bertz CT molecular complexity index is 336. The van der Waals surface area contributed by atoms with Gasteiger partial charge in [0.1, 0.15) is 0 Å². The Kier molecular flexibility index (Phi) is 5.39. The standard InChI is InChI=1S/C11H17F3N2S/c1-3-4-15-9(6-11(12,13)14)5-10-16-8(2)7-17-10/h7,9,15H,3-6H2,1-2H3. The van der Waals surface area contributed by atoms with Crippen LogP contribution in [-0.4, -0.2) is 23.7 Å². The van der Waals surface area contributed by atoms with Gasteiger partial charge in [-0.25, -0.2) is 4.98 Å². The summed E-state index contributed by atoms with van der Waals surface area (Å²) in [5, 5.41) is 5.56. The number of halogens is 3. The fraction of sp³-hybridized carbons (Fsp3) is 0.727. The molecule has 0 amide bonds. The average Bonchev–Trinajstić information content (AvgIpc) is 2.58. The van der Waals surface area contributed by atoms with Gasteiger partial charge in [-0.05, 0) is 19.9 Å². The molecule has 0 bridgehead atoms. The van der Waals surface area contributed by atoms with E-state index in [1.165, 1.54) is 11.3 Å². The van der Waals surface area contributed by atoms with E-state index in [1.807, 2.05) is 19.2 Å². The lowest BCUT2D eigenvalue weighted by atomic mass is 10.1. The lowest BCUT2D eigenvalue weighted by Crippen LogP contribution is -2.36. The molecular weight excluding hydrogens is 249 g/mol. The van der Waals surface area contributed by atoms with Crippen molar-refractivity contribution >= 4 is 11.3 Å². The number of nitrogens with zero attached hydrogens (tertiary/aromatic N) is 1. The molecule has 0 aliphatic rings. The van der Waals surface area contributed by atoms with Gasteiger partial charge in [0.15, 0.2) is 0 Å². The van der Waals surface area contributed by atoms with E-state index < -0.39 is 18.6 Å². The van der Waals surface area contributed by atoms with Crippen LogP contribution < -0.4 is 5.32 Å². The first-order valence-corrected chi connectivity index (χ1v) is 6.50. The lowest BCUT2D eigenvalue weighted by molar-refractivity contribution is -0.139. The molecular formula is C11H17F3N2S. The predicted octanol–water partition coefficient (Wildman–Crippen LogP) is 3.31. The minimum absolute atomic E-state index is 0.345. The number of hydrogen-bond acceptors (Lipinski definition) is 3. The van der Waals surface area contributed by atoms with Crippen molar-refractivity contribution in [2.24, 2.45) is 0 Å². The summed E-state index contributed by atoms with van der Waals surface area (Å²) in [4.78, 5) is 4.20. The largest absolute Gasteiger partial charge is 0.390 e. The van der Waals surface area contributed by atoms with Crippen LogP contribution in [0.5, 0.6) is 0 Å². The zero-order valence-corrected chi connectivity index (χ0v) is 10.8. The van der Waals surface area contributed by atoms with Crippen LogP contribution in [0.2, 0.25) is 0 Å². The summed E-state index contributed by atoms with van der Waals surface area (Å²) in [6, 6.07) is -0.569. The van der Waals surface area contributed by atoms with Gasteiger partial charge in [-0.1, -0.05) is 6.92 Å². The van der Waals surface area contributed by atoms with Gasteiger partial charge in [-0.2, -0.15) is 13.2 Å². The van der Waals surface area contributed by atoms with E-state index in [2.05, 4.69) is 10.3 Å². The summed E-state index contributed by atoms with van der Waals surface area (Å²) < 4.78 is 37.2. The Morgan fingerprint density at radius 3 is 2.65 bits per heavy atom. The van der Waals surface area contributed by atoms with Crippen LogP contribution in [-0.2, 0) is 6.42 Å². The number of aromatic nitrogens is 1. The van der Waals surface area contributed by atoms with Crippen molar-refractivity contribution in [2.45, 2.75) is 45.3 Å². The van der Waals surface area contributed by atoms with E-state index in [1.54, 1.807) is 0 Å². The molecule has 1 heterocycles. The number of hydrogen-bond donors (Lipinski definition) is 1. The van der Waals surface area contributed by atoms with E-state index >= 15 is 0 Å². The highest BCUT2D eigenvalue weighted by molar-refractivity contribution is 7.09. The summed E-state index contributed by atoms with van der Waals surface area (Å²) in [5.41, 5.74) is 0.867. The second kappa shape index (κ2) is 6.35. The van der Waals surface area contributed by atoms with Gasteiger partial charge in [0.05, 0.1) is 11.4 Å². The van der Waals surface area contributed by atoms with Crippen molar-refractivity contribution in [3.05, 3.63) is 16.1 Å². The first kappa shape index (κ1) is 14.4. The Hall–Kier alpha value is -0.620. The maximum absolute atomic E-state index is 12.4. The third-order valence-corrected chi connectivity index (χ3v) is 3.24. The topological polar surface area (TPSA) is 24.9 Å². The van der Waals surface area contributed by atoms with Crippen LogP contribution >= 0.6 is 11.3 Å². The van der Waals surface area contributed by atoms with Gasteiger partial charge in [-0.3, -0.25) is 0 Å². The first-order valence-electron chi connectivity index (χ1n) is 5.62. The molecule has 0 spiro atoms. The molecule has 1 aromatic rings. The van der Waals surface area contributed by atoms with Crippen LogP contribution in [0.4, 0.5) is 13.2 Å². The Balaban J connectivity index is 2.56.